The first-order chi connectivity index (χ1) is 25.3. The van der Waals surface area contributed by atoms with E-state index in [4.69, 9.17) is 30.4 Å². The Hall–Kier alpha value is -3.00. The van der Waals surface area contributed by atoms with E-state index >= 15 is 0 Å². The zero-order valence-corrected chi connectivity index (χ0v) is 31.3. The Morgan fingerprint density at radius 3 is 1.08 bits per heavy atom. The molecule has 52 heavy (non-hydrogen) atoms. The molecule has 2 aliphatic heterocycles. The van der Waals surface area contributed by atoms with Crippen molar-refractivity contribution in [1.29, 1.82) is 0 Å². The SMILES string of the molecule is NCC1CCC(CNC(=O)OC2CCN(C(=O)OC3CCCC(OC(=O)N4CCC(OC(=O)NCC5CCC(CN)CC5)CC4)CCC3)CC2)CC1. The molecule has 14 heteroatoms. The lowest BCUT2D eigenvalue weighted by molar-refractivity contribution is 0.00945. The summed E-state index contributed by atoms with van der Waals surface area (Å²) < 4.78 is 23.1. The quantitative estimate of drug-likeness (QED) is 0.216. The Balaban J connectivity index is 0.892. The zero-order chi connectivity index (χ0) is 36.7. The van der Waals surface area contributed by atoms with E-state index in [0.717, 1.165) is 103 Å². The molecule has 0 spiro atoms. The van der Waals surface area contributed by atoms with Crippen molar-refractivity contribution in [3.8, 4) is 0 Å². The number of ether oxygens (including phenoxy) is 4. The standard InChI is InChI=1S/C38H66N6O8/c39-23-27-7-11-29(12-8-27)25-41-35(45)49-33-15-19-43(20-16-33)37(47)51-31-3-1-4-32(6-2-5-31)52-38(48)44-21-17-34(18-22-44)50-36(46)42-26-30-13-9-28(24-40)10-14-30/h27-34H,1-26,39-40H2,(H,41,45)(H,42,46). The van der Waals surface area contributed by atoms with Gasteiger partial charge in [0.25, 0.3) is 0 Å². The van der Waals surface area contributed by atoms with E-state index in [1.807, 2.05) is 0 Å². The van der Waals surface area contributed by atoms with Crippen LogP contribution in [0.3, 0.4) is 0 Å². The lowest BCUT2D eigenvalue weighted by atomic mass is 9.82. The monoisotopic (exact) mass is 734 g/mol. The number of carbonyl (C=O) groups excluding carboxylic acids is 4. The molecule has 3 saturated carbocycles. The highest BCUT2D eigenvalue weighted by atomic mass is 16.6. The lowest BCUT2D eigenvalue weighted by Gasteiger charge is -2.34. The van der Waals surface area contributed by atoms with Gasteiger partial charge in [0.1, 0.15) is 24.4 Å². The summed E-state index contributed by atoms with van der Waals surface area (Å²) in [4.78, 5) is 54.1. The summed E-state index contributed by atoms with van der Waals surface area (Å²) >= 11 is 0. The number of nitrogens with zero attached hydrogens (tertiary/aromatic N) is 2. The van der Waals surface area contributed by atoms with Crippen LogP contribution in [0.25, 0.3) is 0 Å². The minimum absolute atomic E-state index is 0.161. The molecule has 14 nitrogen and oxygen atoms in total. The summed E-state index contributed by atoms with van der Waals surface area (Å²) in [5.41, 5.74) is 11.6. The van der Waals surface area contributed by atoms with Gasteiger partial charge in [-0.1, -0.05) is 0 Å². The summed E-state index contributed by atoms with van der Waals surface area (Å²) in [5.74, 6) is 2.20. The molecule has 296 valence electrons. The van der Waals surface area contributed by atoms with Crippen LogP contribution in [0.1, 0.15) is 116 Å². The average Bonchev–Trinajstić information content (AvgIpc) is 3.16. The Kier molecular flexibility index (Phi) is 16.3. The van der Waals surface area contributed by atoms with E-state index in [2.05, 4.69) is 10.6 Å². The maximum atomic E-state index is 13.0. The second-order valence-electron chi connectivity index (χ2n) is 16.1. The summed E-state index contributed by atoms with van der Waals surface area (Å²) in [5, 5.41) is 5.87. The highest BCUT2D eigenvalue weighted by Crippen LogP contribution is 2.29. The van der Waals surface area contributed by atoms with Crippen LogP contribution in [0, 0.1) is 23.7 Å². The molecule has 2 saturated heterocycles. The maximum Gasteiger partial charge on any atom is 0.410 e. The van der Waals surface area contributed by atoms with Gasteiger partial charge in [0.15, 0.2) is 0 Å². The van der Waals surface area contributed by atoms with Crippen molar-refractivity contribution in [2.45, 2.75) is 140 Å². The molecular formula is C38H66N6O8. The number of hydrogen-bond acceptors (Lipinski definition) is 10. The van der Waals surface area contributed by atoms with Crippen molar-refractivity contribution >= 4 is 24.4 Å². The van der Waals surface area contributed by atoms with Crippen molar-refractivity contribution in [3.05, 3.63) is 0 Å². The van der Waals surface area contributed by atoms with Gasteiger partial charge in [-0.2, -0.15) is 0 Å². The van der Waals surface area contributed by atoms with Crippen LogP contribution in [-0.4, -0.2) is 111 Å². The molecule has 4 amide bonds. The van der Waals surface area contributed by atoms with Gasteiger partial charge in [0, 0.05) is 65.0 Å². The van der Waals surface area contributed by atoms with Crippen molar-refractivity contribution in [2.75, 3.05) is 52.4 Å². The van der Waals surface area contributed by atoms with E-state index in [1.54, 1.807) is 9.80 Å². The summed E-state index contributed by atoms with van der Waals surface area (Å²) in [7, 11) is 0. The Morgan fingerprint density at radius 2 is 0.750 bits per heavy atom. The maximum absolute atomic E-state index is 13.0. The fraction of sp³-hybridized carbons (Fsp3) is 0.895. The van der Waals surface area contributed by atoms with Crippen molar-refractivity contribution in [3.63, 3.8) is 0 Å². The van der Waals surface area contributed by atoms with Crippen LogP contribution < -0.4 is 22.1 Å². The Labute approximate surface area is 310 Å². The Bertz CT molecular complexity index is 1020. The number of likely N-dealkylation sites (tertiary alicyclic amines) is 2. The van der Waals surface area contributed by atoms with Crippen LogP contribution in [0.2, 0.25) is 0 Å². The predicted molar refractivity (Wildman–Crippen MR) is 195 cm³/mol. The van der Waals surface area contributed by atoms with Crippen LogP contribution in [0.5, 0.6) is 0 Å². The van der Waals surface area contributed by atoms with Crippen LogP contribution in [0.15, 0.2) is 0 Å². The third-order valence-corrected chi connectivity index (χ3v) is 12.3. The second kappa shape index (κ2) is 21.0. The van der Waals surface area contributed by atoms with Gasteiger partial charge in [0.05, 0.1) is 0 Å². The molecule has 2 heterocycles. The summed E-state index contributed by atoms with van der Waals surface area (Å²) in [6, 6.07) is 0. The molecule has 0 unspecified atom stereocenters. The summed E-state index contributed by atoms with van der Waals surface area (Å²) in [6.07, 6.45) is 13.7. The number of nitrogens with two attached hydrogens (primary N) is 2. The number of carbonyl (C=O) groups is 4. The van der Waals surface area contributed by atoms with Crippen molar-refractivity contribution in [2.24, 2.45) is 35.1 Å². The van der Waals surface area contributed by atoms with Gasteiger partial charge in [-0.25, -0.2) is 19.2 Å². The second-order valence-corrected chi connectivity index (χ2v) is 16.1. The molecule has 0 bridgehead atoms. The molecule has 0 radical (unpaired) electrons. The molecule has 6 N–H and O–H groups in total. The smallest absolute Gasteiger partial charge is 0.410 e. The van der Waals surface area contributed by atoms with Gasteiger partial charge >= 0.3 is 24.4 Å². The van der Waals surface area contributed by atoms with Crippen molar-refractivity contribution in [1.82, 2.24) is 20.4 Å². The normalized spacial score (nSPS) is 29.6. The first-order valence-corrected chi connectivity index (χ1v) is 20.5. The van der Waals surface area contributed by atoms with Gasteiger partial charge < -0.3 is 50.8 Å². The topological polar surface area (TPSA) is 188 Å². The van der Waals surface area contributed by atoms with E-state index in [9.17, 15) is 19.2 Å². The zero-order valence-electron chi connectivity index (χ0n) is 31.3. The predicted octanol–water partition coefficient (Wildman–Crippen LogP) is 5.26. The number of amides is 4. The van der Waals surface area contributed by atoms with Gasteiger partial charge in [-0.3, -0.25) is 0 Å². The Morgan fingerprint density at radius 1 is 0.442 bits per heavy atom. The molecule has 0 aromatic heterocycles. The fourth-order valence-electron chi connectivity index (χ4n) is 8.60. The van der Waals surface area contributed by atoms with Gasteiger partial charge in [0.2, 0.25) is 0 Å². The number of hydrogen-bond donors (Lipinski definition) is 4. The van der Waals surface area contributed by atoms with E-state index < -0.39 is 0 Å². The molecule has 5 aliphatic rings. The largest absolute Gasteiger partial charge is 0.446 e. The highest BCUT2D eigenvalue weighted by molar-refractivity contribution is 5.69. The van der Waals surface area contributed by atoms with E-state index in [0.29, 0.717) is 88.6 Å². The lowest BCUT2D eigenvalue weighted by Crippen LogP contribution is -2.44. The first kappa shape index (κ1) is 40.2. The first-order valence-electron chi connectivity index (χ1n) is 20.5. The molecule has 5 rings (SSSR count). The molecule has 0 aromatic rings. The van der Waals surface area contributed by atoms with Gasteiger partial charge in [-0.05, 0) is 127 Å². The number of alkyl carbamates (subject to hydrolysis) is 2. The third-order valence-electron chi connectivity index (χ3n) is 12.3. The molecule has 0 atom stereocenters. The highest BCUT2D eigenvalue weighted by Gasteiger charge is 2.31. The minimum Gasteiger partial charge on any atom is -0.446 e. The van der Waals surface area contributed by atoms with Crippen molar-refractivity contribution < 1.29 is 38.1 Å². The third kappa shape index (κ3) is 13.1. The molecule has 3 aliphatic carbocycles. The van der Waals surface area contributed by atoms with E-state index in [-0.39, 0.29) is 48.8 Å². The number of piperidine rings is 2. The molecular weight excluding hydrogens is 668 g/mol. The van der Waals surface area contributed by atoms with Crippen LogP contribution >= 0.6 is 0 Å². The minimum atomic E-state index is -0.372. The van der Waals surface area contributed by atoms with Gasteiger partial charge in [-0.15, -0.1) is 0 Å². The summed E-state index contributed by atoms with van der Waals surface area (Å²) in [6.45, 7) is 4.76. The average molecular weight is 735 g/mol. The molecule has 5 fully saturated rings. The van der Waals surface area contributed by atoms with Crippen LogP contribution in [0.4, 0.5) is 19.2 Å². The van der Waals surface area contributed by atoms with E-state index in [1.165, 1.54) is 0 Å². The number of rotatable bonds is 10. The van der Waals surface area contributed by atoms with Crippen LogP contribution in [-0.2, 0) is 18.9 Å². The number of nitrogens with one attached hydrogen (secondary N) is 2. The fourth-order valence-corrected chi connectivity index (χ4v) is 8.60. The molecule has 0 aromatic carbocycles.